The van der Waals surface area contributed by atoms with E-state index in [0.717, 1.165) is 17.9 Å². The summed E-state index contributed by atoms with van der Waals surface area (Å²) in [6.07, 6.45) is 4.16. The van der Waals surface area contributed by atoms with Crippen molar-refractivity contribution in [3.8, 4) is 0 Å². The van der Waals surface area contributed by atoms with Crippen molar-refractivity contribution in [1.29, 1.82) is 0 Å². The van der Waals surface area contributed by atoms with Crippen LogP contribution in [0.25, 0.3) is 0 Å². The van der Waals surface area contributed by atoms with Gasteiger partial charge in [-0.2, -0.15) is 0 Å². The summed E-state index contributed by atoms with van der Waals surface area (Å²) in [4.78, 5) is 0. The number of nitrogens with one attached hydrogen (secondary N) is 1. The molecule has 1 fully saturated rings. The fraction of sp³-hybridized carbons (Fsp3) is 0.571. The van der Waals surface area contributed by atoms with Crippen LogP contribution in [-0.2, 0) is 6.42 Å². The summed E-state index contributed by atoms with van der Waals surface area (Å²) in [5.41, 5.74) is 3.14. The maximum Gasteiger partial charge on any atom is 0.00672 e. The monoisotopic (exact) mass is 201 g/mol. The molecule has 1 saturated carbocycles. The molecule has 2 aliphatic rings. The van der Waals surface area contributed by atoms with Crippen molar-refractivity contribution >= 4 is 0 Å². The van der Waals surface area contributed by atoms with Gasteiger partial charge in [-0.3, -0.25) is 0 Å². The van der Waals surface area contributed by atoms with Crippen LogP contribution < -0.4 is 5.32 Å². The van der Waals surface area contributed by atoms with Crippen LogP contribution in [0.2, 0.25) is 0 Å². The Labute approximate surface area is 91.9 Å². The molecule has 1 heteroatoms. The van der Waals surface area contributed by atoms with E-state index in [-0.39, 0.29) is 0 Å². The fourth-order valence-electron chi connectivity index (χ4n) is 2.64. The molecule has 1 nitrogen and oxygen atoms in total. The highest BCUT2D eigenvalue weighted by Gasteiger charge is 2.30. The predicted octanol–water partition coefficient (Wildman–Crippen LogP) is 2.71. The smallest absolute Gasteiger partial charge is 0.00672 e. The molecule has 3 rings (SSSR count). The summed E-state index contributed by atoms with van der Waals surface area (Å²) in [6.45, 7) is 3.51. The Morgan fingerprint density at radius 3 is 2.87 bits per heavy atom. The zero-order valence-electron chi connectivity index (χ0n) is 9.37. The van der Waals surface area contributed by atoms with Gasteiger partial charge in [-0.25, -0.2) is 0 Å². The van der Waals surface area contributed by atoms with E-state index in [2.05, 4.69) is 36.5 Å². The molecule has 1 aromatic carbocycles. The first-order valence-electron chi connectivity index (χ1n) is 6.16. The predicted molar refractivity (Wildman–Crippen MR) is 63.1 cm³/mol. The minimum absolute atomic E-state index is 0.734. The van der Waals surface area contributed by atoms with Crippen molar-refractivity contribution in [3.05, 3.63) is 35.4 Å². The average Bonchev–Trinajstić information content (AvgIpc) is 3.02. The van der Waals surface area contributed by atoms with E-state index < -0.39 is 0 Å². The fourth-order valence-corrected chi connectivity index (χ4v) is 2.64. The first kappa shape index (κ1) is 9.41. The Kier molecular flexibility index (Phi) is 2.28. The van der Waals surface area contributed by atoms with E-state index >= 15 is 0 Å². The summed E-state index contributed by atoms with van der Waals surface area (Å²) in [7, 11) is 0. The zero-order valence-corrected chi connectivity index (χ0v) is 9.37. The third kappa shape index (κ3) is 1.81. The van der Waals surface area contributed by atoms with Crippen LogP contribution in [0, 0.1) is 5.92 Å². The molecule has 0 radical (unpaired) electrons. The highest BCUT2D eigenvalue weighted by molar-refractivity contribution is 5.40. The van der Waals surface area contributed by atoms with E-state index in [4.69, 9.17) is 0 Å². The Morgan fingerprint density at radius 2 is 2.13 bits per heavy atom. The maximum absolute atomic E-state index is 3.69. The molecule has 0 saturated heterocycles. The number of rotatable bonds is 4. The molecule has 2 atom stereocenters. The minimum atomic E-state index is 0.734. The summed E-state index contributed by atoms with van der Waals surface area (Å²) < 4.78 is 0. The van der Waals surface area contributed by atoms with E-state index in [1.807, 2.05) is 0 Å². The molecule has 2 aliphatic carbocycles. The minimum Gasteiger partial charge on any atom is -0.313 e. The first-order chi connectivity index (χ1) is 7.34. The second-order valence-electron chi connectivity index (χ2n) is 5.13. The molecular formula is C14H19N. The van der Waals surface area contributed by atoms with E-state index in [1.54, 1.807) is 11.1 Å². The van der Waals surface area contributed by atoms with Gasteiger partial charge in [0, 0.05) is 18.5 Å². The van der Waals surface area contributed by atoms with Crippen LogP contribution in [0.4, 0.5) is 0 Å². The Hall–Kier alpha value is -0.820. The van der Waals surface area contributed by atoms with E-state index in [9.17, 15) is 0 Å². The highest BCUT2D eigenvalue weighted by atomic mass is 14.9. The summed E-state index contributed by atoms with van der Waals surface area (Å²) in [6, 6.07) is 9.59. The van der Waals surface area contributed by atoms with Gasteiger partial charge >= 0.3 is 0 Å². The van der Waals surface area contributed by atoms with Gasteiger partial charge in [-0.15, -0.1) is 0 Å². The lowest BCUT2D eigenvalue weighted by Gasteiger charge is -2.31. The van der Waals surface area contributed by atoms with Gasteiger partial charge in [0.1, 0.15) is 0 Å². The Balaban J connectivity index is 1.54. The third-order valence-corrected chi connectivity index (χ3v) is 3.98. The first-order valence-corrected chi connectivity index (χ1v) is 6.16. The molecule has 0 aromatic heterocycles. The number of fused-ring (bicyclic) bond motifs is 1. The van der Waals surface area contributed by atoms with Gasteiger partial charge in [-0.05, 0) is 43.2 Å². The topological polar surface area (TPSA) is 12.0 Å². The molecule has 80 valence electrons. The van der Waals surface area contributed by atoms with Gasteiger partial charge < -0.3 is 5.32 Å². The van der Waals surface area contributed by atoms with Gasteiger partial charge in [0.2, 0.25) is 0 Å². The van der Waals surface area contributed by atoms with Crippen molar-refractivity contribution in [3.63, 3.8) is 0 Å². The molecule has 2 unspecified atom stereocenters. The lowest BCUT2D eigenvalue weighted by Crippen LogP contribution is -2.35. The number of benzene rings is 1. The normalized spacial score (nSPS) is 25.5. The molecule has 15 heavy (non-hydrogen) atoms. The second-order valence-corrected chi connectivity index (χ2v) is 5.13. The van der Waals surface area contributed by atoms with Crippen LogP contribution in [-0.4, -0.2) is 12.6 Å². The van der Waals surface area contributed by atoms with Crippen molar-refractivity contribution in [1.82, 2.24) is 5.32 Å². The lowest BCUT2D eigenvalue weighted by atomic mass is 9.77. The van der Waals surface area contributed by atoms with Crippen molar-refractivity contribution in [2.24, 2.45) is 5.92 Å². The van der Waals surface area contributed by atoms with Gasteiger partial charge in [0.05, 0.1) is 0 Å². The molecular weight excluding hydrogens is 182 g/mol. The van der Waals surface area contributed by atoms with E-state index in [1.165, 1.54) is 25.8 Å². The molecule has 0 aliphatic heterocycles. The quantitative estimate of drug-likeness (QED) is 0.789. The largest absolute Gasteiger partial charge is 0.313 e. The number of hydrogen-bond donors (Lipinski definition) is 1. The van der Waals surface area contributed by atoms with Crippen molar-refractivity contribution < 1.29 is 0 Å². The van der Waals surface area contributed by atoms with Crippen molar-refractivity contribution in [2.45, 2.75) is 38.1 Å². The summed E-state index contributed by atoms with van der Waals surface area (Å²) >= 11 is 0. The second kappa shape index (κ2) is 3.64. The van der Waals surface area contributed by atoms with Gasteiger partial charge in [0.15, 0.2) is 0 Å². The summed E-state index contributed by atoms with van der Waals surface area (Å²) in [5, 5.41) is 3.69. The molecule has 1 aromatic rings. The van der Waals surface area contributed by atoms with Crippen LogP contribution in [0.5, 0.6) is 0 Å². The lowest BCUT2D eigenvalue weighted by molar-refractivity contribution is 0.449. The molecule has 0 heterocycles. The van der Waals surface area contributed by atoms with Crippen LogP contribution in [0.15, 0.2) is 24.3 Å². The van der Waals surface area contributed by atoms with E-state index in [0.29, 0.717) is 0 Å². The Bertz CT molecular complexity index is 354. The van der Waals surface area contributed by atoms with Crippen molar-refractivity contribution in [2.75, 3.05) is 6.54 Å². The maximum atomic E-state index is 3.69. The average molecular weight is 201 g/mol. The van der Waals surface area contributed by atoms with Crippen LogP contribution >= 0.6 is 0 Å². The third-order valence-electron chi connectivity index (χ3n) is 3.98. The molecule has 0 bridgehead atoms. The Morgan fingerprint density at radius 1 is 1.33 bits per heavy atom. The van der Waals surface area contributed by atoms with Gasteiger partial charge in [-0.1, -0.05) is 24.3 Å². The SMILES string of the molecule is CC(NCC1Cc2ccccc21)C1CC1. The van der Waals surface area contributed by atoms with Crippen LogP contribution in [0.3, 0.4) is 0 Å². The molecule has 1 N–H and O–H groups in total. The van der Waals surface area contributed by atoms with Crippen LogP contribution in [0.1, 0.15) is 36.8 Å². The van der Waals surface area contributed by atoms with Gasteiger partial charge in [0.25, 0.3) is 0 Å². The number of hydrogen-bond acceptors (Lipinski definition) is 1. The summed E-state index contributed by atoms with van der Waals surface area (Å²) in [5.74, 6) is 1.75. The zero-order chi connectivity index (χ0) is 10.3. The molecule has 0 amide bonds. The highest BCUT2D eigenvalue weighted by Crippen LogP contribution is 2.36. The standard InChI is InChI=1S/C14H19N/c1-10(11-6-7-11)15-9-13-8-12-4-2-3-5-14(12)13/h2-5,10-11,13,15H,6-9H2,1H3. The molecule has 0 spiro atoms.